The molecule has 2 aromatic rings. The molecule has 1 heterocycles. The average molecular weight is 337 g/mol. The van der Waals surface area contributed by atoms with Gasteiger partial charge in [-0.05, 0) is 30.3 Å². The molecule has 0 spiro atoms. The van der Waals surface area contributed by atoms with Gasteiger partial charge in [-0.1, -0.05) is 15.9 Å². The van der Waals surface area contributed by atoms with E-state index in [4.69, 9.17) is 9.84 Å². The number of hydrogen-bond acceptors (Lipinski definition) is 4. The van der Waals surface area contributed by atoms with Gasteiger partial charge in [0.05, 0.1) is 19.2 Å². The minimum atomic E-state index is -0.900. The number of aliphatic carboxylic acids is 1. The van der Waals surface area contributed by atoms with Gasteiger partial charge in [0.1, 0.15) is 5.75 Å². The molecule has 0 aliphatic rings. The van der Waals surface area contributed by atoms with Gasteiger partial charge < -0.3 is 9.84 Å². The van der Waals surface area contributed by atoms with Gasteiger partial charge in [-0.3, -0.25) is 4.79 Å². The Bertz CT molecular complexity index is 605. The molecule has 5 nitrogen and oxygen atoms in total. The fraction of sp³-hybridized carbons (Fsp3) is 0.214. The van der Waals surface area contributed by atoms with E-state index >= 15 is 0 Å². The van der Waals surface area contributed by atoms with E-state index < -0.39 is 11.9 Å². The average Bonchev–Trinajstić information content (AvgIpc) is 2.45. The summed E-state index contributed by atoms with van der Waals surface area (Å²) in [5.41, 5.74) is 1.37. The first-order valence-corrected chi connectivity index (χ1v) is 6.74. The van der Waals surface area contributed by atoms with Gasteiger partial charge in [-0.15, -0.1) is 0 Å². The molecule has 1 N–H and O–H groups in total. The Morgan fingerprint density at radius 1 is 1.45 bits per heavy atom. The standard InChI is InChI=1S/C14H13BrN2O3/c1-20-13-5-4-9(15)7-11(13)10(8-14(18)19)12-3-2-6-16-17-12/h2-7,10H,8H2,1H3,(H,18,19). The largest absolute Gasteiger partial charge is 0.496 e. The predicted molar refractivity (Wildman–Crippen MR) is 76.8 cm³/mol. The number of carbonyl (C=O) groups is 1. The molecule has 104 valence electrons. The first kappa shape index (κ1) is 14.5. The zero-order valence-electron chi connectivity index (χ0n) is 10.8. The van der Waals surface area contributed by atoms with E-state index in [9.17, 15) is 4.79 Å². The summed E-state index contributed by atoms with van der Waals surface area (Å²) in [7, 11) is 1.56. The summed E-state index contributed by atoms with van der Waals surface area (Å²) in [4.78, 5) is 11.1. The third-order valence-corrected chi connectivity index (χ3v) is 3.39. The summed E-state index contributed by atoms with van der Waals surface area (Å²) in [6.45, 7) is 0. The van der Waals surface area contributed by atoms with Crippen molar-refractivity contribution in [3.8, 4) is 5.75 Å². The SMILES string of the molecule is COc1ccc(Br)cc1C(CC(=O)O)c1cccnn1. The zero-order chi connectivity index (χ0) is 14.5. The number of carboxylic acid groups (broad SMARTS) is 1. The highest BCUT2D eigenvalue weighted by atomic mass is 79.9. The molecule has 0 bridgehead atoms. The van der Waals surface area contributed by atoms with Crippen molar-refractivity contribution in [3.63, 3.8) is 0 Å². The molecule has 20 heavy (non-hydrogen) atoms. The summed E-state index contributed by atoms with van der Waals surface area (Å²) < 4.78 is 6.18. The van der Waals surface area contributed by atoms with Gasteiger partial charge in [0.2, 0.25) is 0 Å². The molecule has 0 aliphatic heterocycles. The van der Waals surface area contributed by atoms with Gasteiger partial charge in [0.25, 0.3) is 0 Å². The minimum absolute atomic E-state index is 0.0779. The maximum Gasteiger partial charge on any atom is 0.304 e. The monoisotopic (exact) mass is 336 g/mol. The maximum atomic E-state index is 11.1. The van der Waals surface area contributed by atoms with Gasteiger partial charge in [-0.2, -0.15) is 10.2 Å². The molecule has 0 amide bonds. The maximum absolute atomic E-state index is 11.1. The number of carboxylic acids is 1. The number of halogens is 1. The third kappa shape index (κ3) is 3.33. The second-order valence-corrected chi connectivity index (χ2v) is 5.10. The van der Waals surface area contributed by atoms with Crippen molar-refractivity contribution in [1.82, 2.24) is 10.2 Å². The van der Waals surface area contributed by atoms with Gasteiger partial charge in [0, 0.05) is 22.2 Å². The normalized spacial score (nSPS) is 11.9. The molecular weight excluding hydrogens is 324 g/mol. The topological polar surface area (TPSA) is 72.3 Å². The van der Waals surface area contributed by atoms with E-state index in [1.54, 1.807) is 31.5 Å². The van der Waals surface area contributed by atoms with Crippen LogP contribution in [0.3, 0.4) is 0 Å². The van der Waals surface area contributed by atoms with Crippen molar-refractivity contribution in [1.29, 1.82) is 0 Å². The molecule has 0 aliphatic carbocycles. The van der Waals surface area contributed by atoms with Crippen LogP contribution in [0.25, 0.3) is 0 Å². The highest BCUT2D eigenvalue weighted by Crippen LogP contribution is 2.35. The van der Waals surface area contributed by atoms with Crippen molar-refractivity contribution in [3.05, 3.63) is 52.3 Å². The molecule has 1 aromatic heterocycles. The van der Waals surface area contributed by atoms with E-state index in [1.165, 1.54) is 0 Å². The molecule has 1 unspecified atom stereocenters. The van der Waals surface area contributed by atoms with E-state index in [0.29, 0.717) is 11.4 Å². The molecule has 0 saturated carbocycles. The lowest BCUT2D eigenvalue weighted by Gasteiger charge is -2.17. The van der Waals surface area contributed by atoms with E-state index in [0.717, 1.165) is 10.0 Å². The van der Waals surface area contributed by atoms with Crippen LogP contribution >= 0.6 is 15.9 Å². The number of rotatable bonds is 5. The first-order chi connectivity index (χ1) is 9.61. The van der Waals surface area contributed by atoms with Crippen LogP contribution in [0.5, 0.6) is 5.75 Å². The smallest absolute Gasteiger partial charge is 0.304 e. The third-order valence-electron chi connectivity index (χ3n) is 2.90. The first-order valence-electron chi connectivity index (χ1n) is 5.94. The molecule has 0 fully saturated rings. The van der Waals surface area contributed by atoms with Crippen molar-refractivity contribution in [2.24, 2.45) is 0 Å². The summed E-state index contributed by atoms with van der Waals surface area (Å²) >= 11 is 3.39. The van der Waals surface area contributed by atoms with Crippen molar-refractivity contribution in [2.75, 3.05) is 7.11 Å². The number of methoxy groups -OCH3 is 1. The molecule has 6 heteroatoms. The Kier molecular flexibility index (Phi) is 4.68. The lowest BCUT2D eigenvalue weighted by Crippen LogP contribution is -2.11. The number of aromatic nitrogens is 2. The Labute approximate surface area is 124 Å². The van der Waals surface area contributed by atoms with Crippen LogP contribution in [0.1, 0.15) is 23.6 Å². The Morgan fingerprint density at radius 3 is 2.85 bits per heavy atom. The Morgan fingerprint density at radius 2 is 2.25 bits per heavy atom. The van der Waals surface area contributed by atoms with Crippen LogP contribution in [-0.2, 0) is 4.79 Å². The highest BCUT2D eigenvalue weighted by molar-refractivity contribution is 9.10. The number of hydrogen-bond donors (Lipinski definition) is 1. The second-order valence-electron chi connectivity index (χ2n) is 4.19. The molecule has 0 saturated heterocycles. The molecular formula is C14H13BrN2O3. The lowest BCUT2D eigenvalue weighted by molar-refractivity contribution is -0.137. The Balaban J connectivity index is 2.51. The van der Waals surface area contributed by atoms with Crippen molar-refractivity contribution < 1.29 is 14.6 Å². The number of nitrogens with zero attached hydrogens (tertiary/aromatic N) is 2. The number of ether oxygens (including phenoxy) is 1. The molecule has 0 radical (unpaired) electrons. The summed E-state index contributed by atoms with van der Waals surface area (Å²) in [6, 6.07) is 8.99. The van der Waals surface area contributed by atoms with Crippen LogP contribution in [0.15, 0.2) is 41.0 Å². The second kappa shape index (κ2) is 6.47. The van der Waals surface area contributed by atoms with Crippen LogP contribution in [0.4, 0.5) is 0 Å². The molecule has 1 aromatic carbocycles. The Hall–Kier alpha value is -1.95. The van der Waals surface area contributed by atoms with Gasteiger partial charge in [-0.25, -0.2) is 0 Å². The summed E-state index contributed by atoms with van der Waals surface area (Å²) in [5, 5.41) is 17.0. The lowest BCUT2D eigenvalue weighted by atomic mass is 9.91. The molecule has 1 atom stereocenters. The fourth-order valence-corrected chi connectivity index (χ4v) is 2.40. The fourth-order valence-electron chi connectivity index (χ4n) is 2.03. The summed E-state index contributed by atoms with van der Waals surface area (Å²) in [5.74, 6) is -0.679. The minimum Gasteiger partial charge on any atom is -0.496 e. The van der Waals surface area contributed by atoms with Gasteiger partial charge in [0.15, 0.2) is 0 Å². The van der Waals surface area contributed by atoms with Crippen LogP contribution < -0.4 is 4.74 Å². The van der Waals surface area contributed by atoms with E-state index in [-0.39, 0.29) is 6.42 Å². The number of benzene rings is 1. The molecule has 2 rings (SSSR count). The van der Waals surface area contributed by atoms with E-state index in [2.05, 4.69) is 26.1 Å². The quantitative estimate of drug-likeness (QED) is 0.908. The van der Waals surface area contributed by atoms with Crippen molar-refractivity contribution >= 4 is 21.9 Å². The van der Waals surface area contributed by atoms with Crippen LogP contribution in [-0.4, -0.2) is 28.4 Å². The van der Waals surface area contributed by atoms with Crippen LogP contribution in [0.2, 0.25) is 0 Å². The predicted octanol–water partition coefficient (Wildman–Crippen LogP) is 2.85. The van der Waals surface area contributed by atoms with E-state index in [1.807, 2.05) is 12.1 Å². The van der Waals surface area contributed by atoms with Crippen molar-refractivity contribution in [2.45, 2.75) is 12.3 Å². The zero-order valence-corrected chi connectivity index (χ0v) is 12.4. The van der Waals surface area contributed by atoms with Crippen LogP contribution in [0, 0.1) is 0 Å². The summed E-state index contributed by atoms with van der Waals surface area (Å²) in [6.07, 6.45) is 1.48. The van der Waals surface area contributed by atoms with Gasteiger partial charge >= 0.3 is 5.97 Å². The highest BCUT2D eigenvalue weighted by Gasteiger charge is 2.23.